The van der Waals surface area contributed by atoms with Crippen LogP contribution < -0.4 is 10.3 Å². The summed E-state index contributed by atoms with van der Waals surface area (Å²) in [4.78, 5) is 25.2. The monoisotopic (exact) mass is 439 g/mol. The number of carbonyl (C=O) groups is 1. The van der Waals surface area contributed by atoms with E-state index in [0.29, 0.717) is 43.8 Å². The summed E-state index contributed by atoms with van der Waals surface area (Å²) in [5, 5.41) is 13.2. The molecule has 1 aromatic carbocycles. The van der Waals surface area contributed by atoms with Crippen LogP contribution in [0.3, 0.4) is 0 Å². The molecule has 10 heteroatoms. The molecule has 0 radical (unpaired) electrons. The topological polar surface area (TPSA) is 84.7 Å². The van der Waals surface area contributed by atoms with Crippen LogP contribution in [-0.4, -0.2) is 52.5 Å². The number of nitrogens with zero attached hydrogens (tertiary/aromatic N) is 3. The summed E-state index contributed by atoms with van der Waals surface area (Å²) in [5.41, 5.74) is -1.62. The smallest absolute Gasteiger partial charge is 0.421 e. The molecule has 1 aliphatic rings. The normalized spacial score (nSPS) is 17.5. The van der Waals surface area contributed by atoms with Crippen molar-refractivity contribution in [1.29, 1.82) is 0 Å². The molecule has 1 unspecified atom stereocenters. The molecule has 1 fully saturated rings. The summed E-state index contributed by atoms with van der Waals surface area (Å²) in [6.07, 6.45) is -3.50. The van der Waals surface area contributed by atoms with Crippen molar-refractivity contribution in [2.24, 2.45) is 0 Å². The Bertz CT molecular complexity index is 973. The zero-order valence-electron chi connectivity index (χ0n) is 17.1. The Balaban J connectivity index is 1.91. The number of aromatic nitrogens is 2. The van der Waals surface area contributed by atoms with Gasteiger partial charge in [0.1, 0.15) is 11.3 Å². The first kappa shape index (κ1) is 22.8. The van der Waals surface area contributed by atoms with E-state index in [1.165, 1.54) is 7.11 Å². The number of piperidine rings is 1. The highest BCUT2D eigenvalue weighted by Crippen LogP contribution is 2.31. The van der Waals surface area contributed by atoms with Crippen molar-refractivity contribution < 1.29 is 27.8 Å². The first-order valence-corrected chi connectivity index (χ1v) is 9.93. The number of halogens is 3. The number of alkyl halides is 3. The molecule has 0 bridgehead atoms. The van der Waals surface area contributed by atoms with Gasteiger partial charge in [0.25, 0.3) is 5.56 Å². The van der Waals surface area contributed by atoms with Crippen molar-refractivity contribution in [3.05, 3.63) is 57.5 Å². The molecule has 1 saturated heterocycles. The molecule has 0 saturated carbocycles. The van der Waals surface area contributed by atoms with Gasteiger partial charge in [0.15, 0.2) is 0 Å². The second-order valence-corrected chi connectivity index (χ2v) is 7.58. The maximum Gasteiger partial charge on any atom is 0.421 e. The molecule has 31 heavy (non-hydrogen) atoms. The molecule has 7 nitrogen and oxygen atoms in total. The second-order valence-electron chi connectivity index (χ2n) is 7.58. The van der Waals surface area contributed by atoms with Gasteiger partial charge in [-0.25, -0.2) is 4.68 Å². The van der Waals surface area contributed by atoms with Crippen molar-refractivity contribution in [2.45, 2.75) is 37.9 Å². The number of hydrogen-bond donors (Lipinski definition) is 1. The standard InChI is InChI=1S/C21H24F3N3O4/c1-31-16-6-4-14(5-7-16)12-27-20(30)17(21(22,23)24)11-18(25-27)15-3-2-9-26(13-15)10-8-19(28)29/h4-7,11,15H,2-3,8-10,12-13H2,1H3,(H,28,29). The third-order valence-electron chi connectivity index (χ3n) is 5.36. The average molecular weight is 439 g/mol. The highest BCUT2D eigenvalue weighted by atomic mass is 19.4. The maximum atomic E-state index is 13.6. The van der Waals surface area contributed by atoms with E-state index in [-0.39, 0.29) is 24.6 Å². The Hall–Kier alpha value is -2.88. The van der Waals surface area contributed by atoms with Crippen LogP contribution in [0.4, 0.5) is 13.2 Å². The minimum absolute atomic E-state index is 0.0368. The van der Waals surface area contributed by atoms with Gasteiger partial charge in [-0.05, 0) is 43.1 Å². The number of benzene rings is 1. The lowest BCUT2D eigenvalue weighted by Crippen LogP contribution is -2.38. The third-order valence-corrected chi connectivity index (χ3v) is 5.36. The molecule has 2 aromatic rings. The lowest BCUT2D eigenvalue weighted by Gasteiger charge is -2.32. The van der Waals surface area contributed by atoms with E-state index in [9.17, 15) is 22.8 Å². The van der Waals surface area contributed by atoms with Gasteiger partial charge in [-0.1, -0.05) is 12.1 Å². The van der Waals surface area contributed by atoms with Gasteiger partial charge in [0.2, 0.25) is 0 Å². The summed E-state index contributed by atoms with van der Waals surface area (Å²) >= 11 is 0. The predicted octanol–water partition coefficient (Wildman–Crippen LogP) is 2.97. The van der Waals surface area contributed by atoms with Gasteiger partial charge >= 0.3 is 12.1 Å². The molecule has 1 atom stereocenters. The Morgan fingerprint density at radius 3 is 2.61 bits per heavy atom. The fourth-order valence-electron chi connectivity index (χ4n) is 3.73. The van der Waals surface area contributed by atoms with Crippen molar-refractivity contribution in [3.8, 4) is 5.75 Å². The van der Waals surface area contributed by atoms with Crippen LogP contribution in [0.15, 0.2) is 35.1 Å². The summed E-state index contributed by atoms with van der Waals surface area (Å²) in [5.74, 6) is -0.642. The molecule has 1 aromatic heterocycles. The molecule has 168 valence electrons. The quantitative estimate of drug-likeness (QED) is 0.714. The molecule has 1 aliphatic heterocycles. The first-order valence-electron chi connectivity index (χ1n) is 9.93. The number of carboxylic acid groups (broad SMARTS) is 1. The lowest BCUT2D eigenvalue weighted by atomic mass is 9.93. The minimum Gasteiger partial charge on any atom is -0.497 e. The SMILES string of the molecule is COc1ccc(Cn2nc(C3CCCN(CCC(=O)O)C3)cc(C(F)(F)F)c2=O)cc1. The summed E-state index contributed by atoms with van der Waals surface area (Å²) in [6.45, 7) is 1.30. The molecular weight excluding hydrogens is 415 g/mol. The van der Waals surface area contributed by atoms with Gasteiger partial charge in [-0.15, -0.1) is 0 Å². The van der Waals surface area contributed by atoms with Gasteiger partial charge in [-0.2, -0.15) is 18.3 Å². The lowest BCUT2D eigenvalue weighted by molar-refractivity contribution is -0.139. The van der Waals surface area contributed by atoms with E-state index >= 15 is 0 Å². The molecule has 3 rings (SSSR count). The van der Waals surface area contributed by atoms with E-state index in [4.69, 9.17) is 9.84 Å². The van der Waals surface area contributed by atoms with Crippen LogP contribution in [0.1, 0.15) is 42.0 Å². The van der Waals surface area contributed by atoms with Crippen molar-refractivity contribution in [2.75, 3.05) is 26.7 Å². The second kappa shape index (κ2) is 9.51. The zero-order valence-corrected chi connectivity index (χ0v) is 17.1. The first-order chi connectivity index (χ1) is 14.7. The Kier molecular flexibility index (Phi) is 6.99. The van der Waals surface area contributed by atoms with E-state index in [1.54, 1.807) is 24.3 Å². The number of rotatable bonds is 7. The fraction of sp³-hybridized carbons (Fsp3) is 0.476. The van der Waals surface area contributed by atoms with Gasteiger partial charge < -0.3 is 14.7 Å². The van der Waals surface area contributed by atoms with Crippen molar-refractivity contribution in [3.63, 3.8) is 0 Å². The average Bonchev–Trinajstić information content (AvgIpc) is 2.73. The molecule has 0 amide bonds. The zero-order chi connectivity index (χ0) is 22.6. The molecule has 2 heterocycles. The van der Waals surface area contributed by atoms with Crippen LogP contribution in [0.2, 0.25) is 0 Å². The minimum atomic E-state index is -4.80. The third kappa shape index (κ3) is 5.84. The van der Waals surface area contributed by atoms with Crippen LogP contribution >= 0.6 is 0 Å². The number of ether oxygens (including phenoxy) is 1. The number of aliphatic carboxylic acids is 1. The highest BCUT2D eigenvalue weighted by molar-refractivity contribution is 5.66. The maximum absolute atomic E-state index is 13.6. The van der Waals surface area contributed by atoms with E-state index in [2.05, 4.69) is 5.10 Å². The number of hydrogen-bond acceptors (Lipinski definition) is 5. The summed E-state index contributed by atoms with van der Waals surface area (Å²) in [6, 6.07) is 7.51. The fourth-order valence-corrected chi connectivity index (χ4v) is 3.73. The van der Waals surface area contributed by atoms with Gasteiger partial charge in [-0.3, -0.25) is 9.59 Å². The number of carboxylic acids is 1. The van der Waals surface area contributed by atoms with Gasteiger partial charge in [0, 0.05) is 19.0 Å². The predicted molar refractivity (Wildman–Crippen MR) is 106 cm³/mol. The van der Waals surface area contributed by atoms with Crippen LogP contribution in [0, 0.1) is 0 Å². The highest BCUT2D eigenvalue weighted by Gasteiger charge is 2.36. The van der Waals surface area contributed by atoms with E-state index < -0.39 is 23.3 Å². The van der Waals surface area contributed by atoms with Crippen LogP contribution in [0.5, 0.6) is 5.75 Å². The Labute approximate surface area is 177 Å². The molecule has 1 N–H and O–H groups in total. The van der Waals surface area contributed by atoms with Gasteiger partial charge in [0.05, 0.1) is 25.8 Å². The van der Waals surface area contributed by atoms with Crippen molar-refractivity contribution >= 4 is 5.97 Å². The van der Waals surface area contributed by atoms with E-state index in [0.717, 1.165) is 10.7 Å². The van der Waals surface area contributed by atoms with Crippen LogP contribution in [-0.2, 0) is 17.5 Å². The van der Waals surface area contributed by atoms with Crippen LogP contribution in [0.25, 0.3) is 0 Å². The number of methoxy groups -OCH3 is 1. The van der Waals surface area contributed by atoms with E-state index in [1.807, 2.05) is 4.90 Å². The Morgan fingerprint density at radius 2 is 2.00 bits per heavy atom. The van der Waals surface area contributed by atoms with Crippen molar-refractivity contribution in [1.82, 2.24) is 14.7 Å². The molecule has 0 aliphatic carbocycles. The molecular formula is C21H24F3N3O4. The Morgan fingerprint density at radius 1 is 1.29 bits per heavy atom. The summed E-state index contributed by atoms with van der Waals surface area (Å²) in [7, 11) is 1.50. The largest absolute Gasteiger partial charge is 0.497 e. The number of likely N-dealkylation sites (tertiary alicyclic amines) is 1. The molecule has 0 spiro atoms. The summed E-state index contributed by atoms with van der Waals surface area (Å²) < 4.78 is 46.6.